The fourth-order valence-corrected chi connectivity index (χ4v) is 5.15. The molecule has 0 saturated heterocycles. The summed E-state index contributed by atoms with van der Waals surface area (Å²) in [5, 5.41) is 9.59. The average molecular weight is 434 g/mol. The van der Waals surface area contributed by atoms with Gasteiger partial charge in [-0.1, -0.05) is 49.0 Å². The van der Waals surface area contributed by atoms with Crippen LogP contribution in [0.25, 0.3) is 16.7 Å². The standard InChI is InChI=1S/C23H23N5O2S/c1-3-13-27-21(30)17-9-5-7-11-19(17)28-22(27)24-25-23(28)31-15(2)20(29)26-14-12-16-8-4-6-10-18(16)26/h4-11,15H,3,12-14H2,1-2H3/t15-/m1/s1. The third-order valence-electron chi connectivity index (χ3n) is 5.71. The zero-order valence-corrected chi connectivity index (χ0v) is 18.3. The van der Waals surface area contributed by atoms with Crippen molar-refractivity contribution in [1.82, 2.24) is 19.2 Å². The third kappa shape index (κ3) is 3.22. The first-order valence-corrected chi connectivity index (χ1v) is 11.4. The molecule has 4 aromatic rings. The van der Waals surface area contributed by atoms with Crippen LogP contribution in [0.1, 0.15) is 25.8 Å². The lowest BCUT2D eigenvalue weighted by Crippen LogP contribution is -2.35. The Balaban J connectivity index is 1.54. The number of aryl methyl sites for hydroxylation is 1. The third-order valence-corrected chi connectivity index (χ3v) is 6.74. The molecule has 0 saturated carbocycles. The molecule has 1 aliphatic rings. The minimum atomic E-state index is -0.344. The van der Waals surface area contributed by atoms with Crippen molar-refractivity contribution in [3.63, 3.8) is 0 Å². The highest BCUT2D eigenvalue weighted by molar-refractivity contribution is 8.00. The molecule has 1 amide bonds. The molecule has 0 radical (unpaired) electrons. The lowest BCUT2D eigenvalue weighted by atomic mass is 10.2. The van der Waals surface area contributed by atoms with Gasteiger partial charge in [0.15, 0.2) is 5.16 Å². The summed E-state index contributed by atoms with van der Waals surface area (Å²) in [4.78, 5) is 28.1. The summed E-state index contributed by atoms with van der Waals surface area (Å²) in [6.45, 7) is 5.19. The van der Waals surface area contributed by atoms with Crippen LogP contribution in [0.2, 0.25) is 0 Å². The van der Waals surface area contributed by atoms with Gasteiger partial charge < -0.3 is 4.90 Å². The molecule has 5 rings (SSSR count). The molecule has 1 aliphatic heterocycles. The number of carbonyl (C=O) groups excluding carboxylic acids is 1. The Morgan fingerprint density at radius 1 is 1.13 bits per heavy atom. The second kappa shape index (κ2) is 7.85. The van der Waals surface area contributed by atoms with Crippen molar-refractivity contribution in [3.05, 3.63) is 64.4 Å². The smallest absolute Gasteiger partial charge is 0.262 e. The summed E-state index contributed by atoms with van der Waals surface area (Å²) >= 11 is 1.38. The second-order valence-corrected chi connectivity index (χ2v) is 9.03. The Bertz CT molecular complexity index is 1360. The number of thioether (sulfide) groups is 1. The van der Waals surface area contributed by atoms with E-state index in [2.05, 4.69) is 16.3 Å². The van der Waals surface area contributed by atoms with E-state index in [4.69, 9.17) is 0 Å². The maximum Gasteiger partial charge on any atom is 0.262 e. The number of amides is 1. The number of nitrogens with zero attached hydrogens (tertiary/aromatic N) is 5. The van der Waals surface area contributed by atoms with Gasteiger partial charge in [-0.05, 0) is 43.5 Å². The number of hydrogen-bond acceptors (Lipinski definition) is 5. The molecule has 8 heteroatoms. The van der Waals surface area contributed by atoms with Crippen molar-refractivity contribution in [2.75, 3.05) is 11.4 Å². The van der Waals surface area contributed by atoms with Crippen molar-refractivity contribution in [1.29, 1.82) is 0 Å². The van der Waals surface area contributed by atoms with Crippen LogP contribution in [-0.4, -0.2) is 36.9 Å². The van der Waals surface area contributed by atoms with Gasteiger partial charge in [0.1, 0.15) is 0 Å². The number of rotatable bonds is 5. The molecule has 0 fully saturated rings. The first kappa shape index (κ1) is 19.8. The van der Waals surface area contributed by atoms with E-state index in [0.717, 1.165) is 24.0 Å². The number of para-hydroxylation sites is 2. The molecular weight excluding hydrogens is 410 g/mol. The number of fused-ring (bicyclic) bond motifs is 4. The van der Waals surface area contributed by atoms with E-state index in [9.17, 15) is 9.59 Å². The molecule has 31 heavy (non-hydrogen) atoms. The van der Waals surface area contributed by atoms with E-state index < -0.39 is 0 Å². The van der Waals surface area contributed by atoms with Crippen LogP contribution in [0.4, 0.5) is 5.69 Å². The van der Waals surface area contributed by atoms with E-state index in [0.29, 0.717) is 29.4 Å². The lowest BCUT2D eigenvalue weighted by molar-refractivity contribution is -0.117. The highest BCUT2D eigenvalue weighted by atomic mass is 32.2. The molecular formula is C23H23N5O2S. The summed E-state index contributed by atoms with van der Waals surface area (Å²) in [5.74, 6) is 0.567. The summed E-state index contributed by atoms with van der Waals surface area (Å²) in [6.07, 6.45) is 1.69. The normalized spacial score (nSPS) is 14.3. The Morgan fingerprint density at radius 3 is 2.74 bits per heavy atom. The summed E-state index contributed by atoms with van der Waals surface area (Å²) in [7, 11) is 0. The predicted molar refractivity (Wildman–Crippen MR) is 123 cm³/mol. The molecule has 3 heterocycles. The van der Waals surface area contributed by atoms with E-state index in [1.807, 2.05) is 65.6 Å². The number of hydrogen-bond donors (Lipinski definition) is 0. The molecule has 1 atom stereocenters. The second-order valence-electron chi connectivity index (χ2n) is 7.72. The molecule has 7 nitrogen and oxygen atoms in total. The Kier molecular flexibility index (Phi) is 5.02. The highest BCUT2D eigenvalue weighted by Gasteiger charge is 2.29. The number of benzene rings is 2. The minimum absolute atomic E-state index is 0.0536. The first-order valence-electron chi connectivity index (χ1n) is 10.5. The fourth-order valence-electron chi connectivity index (χ4n) is 4.23. The lowest BCUT2D eigenvalue weighted by Gasteiger charge is -2.21. The van der Waals surface area contributed by atoms with Gasteiger partial charge >= 0.3 is 0 Å². The van der Waals surface area contributed by atoms with E-state index >= 15 is 0 Å². The fraction of sp³-hybridized carbons (Fsp3) is 0.304. The van der Waals surface area contributed by atoms with Gasteiger partial charge in [0, 0.05) is 18.8 Å². The van der Waals surface area contributed by atoms with Crippen LogP contribution in [0.15, 0.2) is 58.5 Å². The topological polar surface area (TPSA) is 72.5 Å². The van der Waals surface area contributed by atoms with Crippen LogP contribution in [0.5, 0.6) is 0 Å². The van der Waals surface area contributed by atoms with Crippen molar-refractivity contribution >= 4 is 40.0 Å². The van der Waals surface area contributed by atoms with Crippen LogP contribution in [0.3, 0.4) is 0 Å². The number of anilines is 1. The Morgan fingerprint density at radius 2 is 1.90 bits per heavy atom. The molecule has 2 aromatic heterocycles. The van der Waals surface area contributed by atoms with Crippen LogP contribution in [-0.2, 0) is 17.8 Å². The Labute approximate surface area is 183 Å². The van der Waals surface area contributed by atoms with Gasteiger partial charge in [-0.3, -0.25) is 18.6 Å². The van der Waals surface area contributed by atoms with E-state index in [-0.39, 0.29) is 16.7 Å². The maximum atomic E-state index is 13.2. The molecule has 158 valence electrons. The predicted octanol–water partition coefficient (Wildman–Crippen LogP) is 3.52. The summed E-state index contributed by atoms with van der Waals surface area (Å²) < 4.78 is 3.57. The molecule has 2 aromatic carbocycles. The van der Waals surface area contributed by atoms with Crippen LogP contribution in [0, 0.1) is 0 Å². The van der Waals surface area contributed by atoms with Gasteiger partial charge in [-0.15, -0.1) is 10.2 Å². The van der Waals surface area contributed by atoms with Gasteiger partial charge in [-0.25, -0.2) is 0 Å². The van der Waals surface area contributed by atoms with Crippen molar-refractivity contribution in [2.45, 2.75) is 43.6 Å². The summed E-state index contributed by atoms with van der Waals surface area (Å²) in [6, 6.07) is 15.5. The van der Waals surface area contributed by atoms with E-state index in [1.54, 1.807) is 4.57 Å². The summed E-state index contributed by atoms with van der Waals surface area (Å²) in [5.41, 5.74) is 2.89. The van der Waals surface area contributed by atoms with Gasteiger partial charge in [-0.2, -0.15) is 0 Å². The van der Waals surface area contributed by atoms with Crippen molar-refractivity contribution in [2.24, 2.45) is 0 Å². The van der Waals surface area contributed by atoms with Crippen molar-refractivity contribution in [3.8, 4) is 0 Å². The monoisotopic (exact) mass is 433 g/mol. The largest absolute Gasteiger partial charge is 0.311 e. The zero-order valence-electron chi connectivity index (χ0n) is 17.5. The van der Waals surface area contributed by atoms with Crippen molar-refractivity contribution < 1.29 is 4.79 Å². The SMILES string of the molecule is CCCn1c(=O)c2ccccc2n2c(S[C@H](C)C(=O)N3CCc4ccccc43)nnc12. The molecule has 0 N–H and O–H groups in total. The van der Waals surface area contributed by atoms with E-state index in [1.165, 1.54) is 17.3 Å². The first-order chi connectivity index (χ1) is 15.1. The minimum Gasteiger partial charge on any atom is -0.311 e. The highest BCUT2D eigenvalue weighted by Crippen LogP contribution is 2.32. The van der Waals surface area contributed by atoms with Gasteiger partial charge in [0.25, 0.3) is 5.56 Å². The van der Waals surface area contributed by atoms with Gasteiger partial charge in [0.2, 0.25) is 11.7 Å². The Hall–Kier alpha value is -3.13. The maximum absolute atomic E-state index is 13.2. The quantitative estimate of drug-likeness (QED) is 0.450. The average Bonchev–Trinajstić information content (AvgIpc) is 3.41. The molecule has 0 bridgehead atoms. The number of aromatic nitrogens is 4. The molecule has 0 aliphatic carbocycles. The van der Waals surface area contributed by atoms with Crippen LogP contribution < -0.4 is 10.5 Å². The molecule has 0 spiro atoms. The molecule has 0 unspecified atom stereocenters. The zero-order chi connectivity index (χ0) is 21.5. The van der Waals surface area contributed by atoms with Crippen LogP contribution >= 0.6 is 11.8 Å². The van der Waals surface area contributed by atoms with Gasteiger partial charge in [0.05, 0.1) is 16.2 Å². The number of carbonyl (C=O) groups is 1.